The molecular weight excluding hydrogens is 402 g/mol. The zero-order chi connectivity index (χ0) is 23.0. The van der Waals surface area contributed by atoms with Crippen LogP contribution in [0, 0.1) is 0 Å². The molecule has 0 aromatic heterocycles. The van der Waals surface area contributed by atoms with Crippen LogP contribution in [0.3, 0.4) is 0 Å². The smallest absolute Gasteiger partial charge is 0.326 e. The number of nitrogens with zero attached hydrogens (tertiary/aromatic N) is 1. The Morgan fingerprint density at radius 2 is 1.73 bits per heavy atom. The molecule has 13 heteroatoms. The van der Waals surface area contributed by atoms with Gasteiger partial charge in [-0.3, -0.25) is 24.0 Å². The number of hydrogen-bond acceptors (Lipinski definition) is 7. The predicted octanol–water partition coefficient (Wildman–Crippen LogP) is -2.88. The molecule has 0 bridgehead atoms. The fourth-order valence-electron chi connectivity index (χ4n) is 3.04. The first-order valence-corrected chi connectivity index (χ1v) is 9.33. The summed E-state index contributed by atoms with van der Waals surface area (Å²) in [4.78, 5) is 71.8. The summed E-state index contributed by atoms with van der Waals surface area (Å²) in [7, 11) is 0. The maximum Gasteiger partial charge on any atom is 0.326 e. The normalized spacial score (nSPS) is 18.7. The molecule has 0 saturated carbocycles. The molecular formula is C17H27N5O8. The van der Waals surface area contributed by atoms with Gasteiger partial charge in [0.05, 0.1) is 12.5 Å². The van der Waals surface area contributed by atoms with Crippen LogP contribution in [-0.4, -0.2) is 81.4 Å². The van der Waals surface area contributed by atoms with E-state index in [1.54, 1.807) is 0 Å². The Labute approximate surface area is 172 Å². The summed E-state index contributed by atoms with van der Waals surface area (Å²) in [5.74, 6) is -5.81. The Morgan fingerprint density at radius 1 is 1.10 bits per heavy atom. The molecule has 1 heterocycles. The molecule has 0 spiro atoms. The minimum absolute atomic E-state index is 0.307. The fraction of sp³-hybridized carbons (Fsp3) is 0.647. The van der Waals surface area contributed by atoms with Crippen LogP contribution in [-0.2, 0) is 28.8 Å². The lowest BCUT2D eigenvalue weighted by Gasteiger charge is -2.27. The van der Waals surface area contributed by atoms with Gasteiger partial charge in [-0.1, -0.05) is 0 Å². The summed E-state index contributed by atoms with van der Waals surface area (Å²) in [6.07, 6.45) is -0.657. The molecule has 4 amide bonds. The van der Waals surface area contributed by atoms with E-state index in [-0.39, 0.29) is 0 Å². The van der Waals surface area contributed by atoms with Crippen molar-refractivity contribution in [1.82, 2.24) is 15.5 Å². The number of rotatable bonds is 11. The number of hydrogen-bond donors (Lipinski definition) is 6. The van der Waals surface area contributed by atoms with E-state index in [0.717, 1.165) is 0 Å². The Bertz CT molecular complexity index is 710. The van der Waals surface area contributed by atoms with Crippen LogP contribution in [0.4, 0.5) is 0 Å². The van der Waals surface area contributed by atoms with Crippen molar-refractivity contribution in [3.63, 3.8) is 0 Å². The number of carbonyl (C=O) groups excluding carboxylic acids is 4. The van der Waals surface area contributed by atoms with E-state index < -0.39 is 79.0 Å². The van der Waals surface area contributed by atoms with Crippen LogP contribution in [0.1, 0.15) is 39.0 Å². The number of nitrogens with two attached hydrogens (primary N) is 2. The van der Waals surface area contributed by atoms with Gasteiger partial charge in [-0.2, -0.15) is 0 Å². The zero-order valence-electron chi connectivity index (χ0n) is 16.5. The van der Waals surface area contributed by atoms with Gasteiger partial charge < -0.3 is 37.2 Å². The molecule has 0 aromatic carbocycles. The highest BCUT2D eigenvalue weighted by Gasteiger charge is 2.37. The molecule has 1 aliphatic rings. The molecule has 1 aliphatic heterocycles. The third kappa shape index (κ3) is 7.31. The maximum atomic E-state index is 12.6. The predicted molar refractivity (Wildman–Crippen MR) is 101 cm³/mol. The fourth-order valence-corrected chi connectivity index (χ4v) is 3.04. The molecule has 0 aliphatic carbocycles. The Kier molecular flexibility index (Phi) is 9.17. The van der Waals surface area contributed by atoms with E-state index in [4.69, 9.17) is 21.7 Å². The molecule has 1 saturated heterocycles. The number of primary amides is 1. The largest absolute Gasteiger partial charge is 0.481 e. The summed E-state index contributed by atoms with van der Waals surface area (Å²) in [5, 5.41) is 22.3. The van der Waals surface area contributed by atoms with Crippen molar-refractivity contribution in [1.29, 1.82) is 0 Å². The Morgan fingerprint density at radius 3 is 2.23 bits per heavy atom. The number of aliphatic carboxylic acids is 2. The van der Waals surface area contributed by atoms with Crippen LogP contribution in [0.5, 0.6) is 0 Å². The SMILES string of the molecule is CC(N)C(=O)N1CCCC1C(=O)NC(CC(N)=O)C(=O)NC(CCC(=O)O)C(=O)O. The third-order valence-corrected chi connectivity index (χ3v) is 4.53. The second-order valence-electron chi connectivity index (χ2n) is 7.04. The number of carboxylic acid groups (broad SMARTS) is 2. The molecule has 8 N–H and O–H groups in total. The average Bonchev–Trinajstić information content (AvgIpc) is 3.12. The summed E-state index contributed by atoms with van der Waals surface area (Å²) < 4.78 is 0. The van der Waals surface area contributed by atoms with Crippen LogP contribution < -0.4 is 22.1 Å². The number of carboxylic acids is 2. The number of amides is 4. The van der Waals surface area contributed by atoms with E-state index in [1.807, 2.05) is 0 Å². The number of likely N-dealkylation sites (tertiary alicyclic amines) is 1. The lowest BCUT2D eigenvalue weighted by molar-refractivity contribution is -0.144. The van der Waals surface area contributed by atoms with E-state index in [0.29, 0.717) is 19.4 Å². The van der Waals surface area contributed by atoms with Crippen LogP contribution in [0.2, 0.25) is 0 Å². The Balaban J connectivity index is 2.89. The average molecular weight is 429 g/mol. The first-order valence-electron chi connectivity index (χ1n) is 9.33. The highest BCUT2D eigenvalue weighted by Crippen LogP contribution is 2.18. The standard InChI is InChI=1S/C17H27N5O8/c1-8(18)16(28)22-6-2-3-11(22)15(27)21-10(7-12(19)23)14(26)20-9(17(29)30)4-5-13(24)25/h8-11H,2-7,18H2,1H3,(H2,19,23)(H,20,26)(H,21,27)(H,24,25)(H,29,30). The van der Waals surface area contributed by atoms with Crippen molar-refractivity contribution >= 4 is 35.6 Å². The molecule has 168 valence electrons. The van der Waals surface area contributed by atoms with Gasteiger partial charge in [-0.25, -0.2) is 4.79 Å². The summed E-state index contributed by atoms with van der Waals surface area (Å²) in [6.45, 7) is 1.78. The summed E-state index contributed by atoms with van der Waals surface area (Å²) in [5.41, 5.74) is 10.7. The summed E-state index contributed by atoms with van der Waals surface area (Å²) >= 11 is 0. The van der Waals surface area contributed by atoms with Crippen LogP contribution in [0.15, 0.2) is 0 Å². The zero-order valence-corrected chi connectivity index (χ0v) is 16.5. The molecule has 4 atom stereocenters. The van der Waals surface area contributed by atoms with Crippen molar-refractivity contribution in [3.8, 4) is 0 Å². The number of carbonyl (C=O) groups is 6. The highest BCUT2D eigenvalue weighted by molar-refractivity contribution is 5.96. The van der Waals surface area contributed by atoms with Crippen molar-refractivity contribution < 1.29 is 39.0 Å². The van der Waals surface area contributed by atoms with E-state index >= 15 is 0 Å². The lowest BCUT2D eigenvalue weighted by Crippen LogP contribution is -2.57. The van der Waals surface area contributed by atoms with E-state index in [2.05, 4.69) is 10.6 Å². The highest BCUT2D eigenvalue weighted by atomic mass is 16.4. The second kappa shape index (κ2) is 11.1. The maximum absolute atomic E-state index is 12.6. The van der Waals surface area contributed by atoms with Gasteiger partial charge in [0.1, 0.15) is 18.1 Å². The van der Waals surface area contributed by atoms with Crippen LogP contribution in [0.25, 0.3) is 0 Å². The molecule has 0 aromatic rings. The first kappa shape index (κ1) is 24.8. The number of nitrogens with one attached hydrogen (secondary N) is 2. The van der Waals surface area contributed by atoms with Gasteiger partial charge >= 0.3 is 11.9 Å². The monoisotopic (exact) mass is 429 g/mol. The van der Waals surface area contributed by atoms with Crippen molar-refractivity contribution in [2.24, 2.45) is 11.5 Å². The quantitative estimate of drug-likeness (QED) is 0.198. The van der Waals surface area contributed by atoms with Crippen LogP contribution >= 0.6 is 0 Å². The summed E-state index contributed by atoms with van der Waals surface area (Å²) in [6, 6.07) is -4.75. The van der Waals surface area contributed by atoms with Crippen molar-refractivity contribution in [3.05, 3.63) is 0 Å². The lowest BCUT2D eigenvalue weighted by atomic mass is 10.1. The Hall–Kier alpha value is -3.22. The van der Waals surface area contributed by atoms with Crippen molar-refractivity contribution in [2.75, 3.05) is 6.54 Å². The van der Waals surface area contributed by atoms with Gasteiger partial charge in [-0.15, -0.1) is 0 Å². The molecule has 4 unspecified atom stereocenters. The first-order chi connectivity index (χ1) is 13.9. The van der Waals surface area contributed by atoms with Gasteiger partial charge in [0.25, 0.3) is 0 Å². The van der Waals surface area contributed by atoms with Gasteiger partial charge in [0.15, 0.2) is 0 Å². The van der Waals surface area contributed by atoms with Gasteiger partial charge in [-0.05, 0) is 26.2 Å². The molecule has 0 radical (unpaired) electrons. The minimum Gasteiger partial charge on any atom is -0.481 e. The van der Waals surface area contributed by atoms with Crippen molar-refractivity contribution in [2.45, 2.75) is 63.2 Å². The molecule has 1 fully saturated rings. The topological polar surface area (TPSA) is 222 Å². The van der Waals surface area contributed by atoms with Gasteiger partial charge in [0, 0.05) is 13.0 Å². The second-order valence-corrected chi connectivity index (χ2v) is 7.04. The third-order valence-electron chi connectivity index (χ3n) is 4.53. The molecule has 1 rings (SSSR count). The van der Waals surface area contributed by atoms with E-state index in [1.165, 1.54) is 11.8 Å². The van der Waals surface area contributed by atoms with E-state index in [9.17, 15) is 28.8 Å². The molecule has 13 nitrogen and oxygen atoms in total. The minimum atomic E-state index is -1.54. The van der Waals surface area contributed by atoms with Gasteiger partial charge in [0.2, 0.25) is 23.6 Å². The molecule has 30 heavy (non-hydrogen) atoms.